The molecule has 0 spiro atoms. The van der Waals surface area contributed by atoms with E-state index in [0.717, 1.165) is 0 Å². The molecule has 1 rings (SSSR count). The Labute approximate surface area is 81.8 Å². The second-order valence-corrected chi connectivity index (χ2v) is 2.58. The summed E-state index contributed by atoms with van der Waals surface area (Å²) in [7, 11) is 0. The summed E-state index contributed by atoms with van der Waals surface area (Å²) in [6.07, 6.45) is 1.90. The van der Waals surface area contributed by atoms with Gasteiger partial charge in [-0.2, -0.15) is 0 Å². The number of carboxylic acids is 1. The highest BCUT2D eigenvalue weighted by Gasteiger charge is 2.00. The predicted octanol–water partition coefficient (Wildman–Crippen LogP) is 0.480. The van der Waals surface area contributed by atoms with E-state index < -0.39 is 5.97 Å². The maximum atomic E-state index is 10.5. The molecule has 0 saturated carbocycles. The zero-order chi connectivity index (χ0) is 10.4. The van der Waals surface area contributed by atoms with Crippen LogP contribution in [0.1, 0.15) is 22.5 Å². The molecule has 1 aromatic heterocycles. The Kier molecular flexibility index (Phi) is 3.65. The standard InChI is InChI=1S/C10H10N2O2/c11-6-2-1-3-9-5-4-8(7-12-9)10(13)14/h4-5,7H,2,6,11H2,(H,13,14). The monoisotopic (exact) mass is 190 g/mol. The Morgan fingerprint density at radius 1 is 1.57 bits per heavy atom. The molecule has 0 amide bonds. The molecule has 0 aliphatic rings. The van der Waals surface area contributed by atoms with E-state index in [0.29, 0.717) is 18.7 Å². The largest absolute Gasteiger partial charge is 0.478 e. The number of nitrogens with two attached hydrogens (primary N) is 1. The lowest BCUT2D eigenvalue weighted by atomic mass is 10.2. The summed E-state index contributed by atoms with van der Waals surface area (Å²) >= 11 is 0. The quantitative estimate of drug-likeness (QED) is 0.665. The smallest absolute Gasteiger partial charge is 0.337 e. The van der Waals surface area contributed by atoms with Crippen LogP contribution in [0.5, 0.6) is 0 Å². The number of carboxylic acid groups (broad SMARTS) is 1. The maximum absolute atomic E-state index is 10.5. The minimum Gasteiger partial charge on any atom is -0.478 e. The zero-order valence-electron chi connectivity index (χ0n) is 7.53. The van der Waals surface area contributed by atoms with Gasteiger partial charge in [-0.15, -0.1) is 0 Å². The second-order valence-electron chi connectivity index (χ2n) is 2.58. The van der Waals surface area contributed by atoms with Crippen molar-refractivity contribution in [3.63, 3.8) is 0 Å². The van der Waals surface area contributed by atoms with E-state index >= 15 is 0 Å². The number of pyridine rings is 1. The van der Waals surface area contributed by atoms with Crippen LogP contribution in [0.15, 0.2) is 18.3 Å². The molecule has 0 aromatic carbocycles. The van der Waals surface area contributed by atoms with Gasteiger partial charge in [0.25, 0.3) is 0 Å². The van der Waals surface area contributed by atoms with Crippen molar-refractivity contribution < 1.29 is 9.90 Å². The number of aromatic nitrogens is 1. The van der Waals surface area contributed by atoms with Crippen LogP contribution in [0.25, 0.3) is 0 Å². The van der Waals surface area contributed by atoms with E-state index in [-0.39, 0.29) is 5.56 Å². The molecule has 0 aliphatic heterocycles. The lowest BCUT2D eigenvalue weighted by Gasteiger charge is -1.92. The van der Waals surface area contributed by atoms with Crippen molar-refractivity contribution in [2.24, 2.45) is 5.73 Å². The van der Waals surface area contributed by atoms with Gasteiger partial charge in [-0.1, -0.05) is 5.92 Å². The molecular weight excluding hydrogens is 180 g/mol. The van der Waals surface area contributed by atoms with E-state index in [2.05, 4.69) is 16.8 Å². The lowest BCUT2D eigenvalue weighted by molar-refractivity contribution is 0.0696. The van der Waals surface area contributed by atoms with Gasteiger partial charge in [0.05, 0.1) is 5.56 Å². The summed E-state index contributed by atoms with van der Waals surface area (Å²) in [4.78, 5) is 14.4. The van der Waals surface area contributed by atoms with Gasteiger partial charge in [0, 0.05) is 19.2 Å². The molecule has 1 aromatic rings. The third-order valence-corrected chi connectivity index (χ3v) is 1.50. The highest BCUT2D eigenvalue weighted by atomic mass is 16.4. The molecular formula is C10H10N2O2. The molecule has 3 N–H and O–H groups in total. The van der Waals surface area contributed by atoms with Crippen molar-refractivity contribution in [3.8, 4) is 11.8 Å². The Morgan fingerprint density at radius 2 is 2.36 bits per heavy atom. The van der Waals surface area contributed by atoms with E-state index in [4.69, 9.17) is 10.8 Å². The number of hydrogen-bond donors (Lipinski definition) is 2. The van der Waals surface area contributed by atoms with Gasteiger partial charge in [-0.25, -0.2) is 9.78 Å². The first kappa shape index (κ1) is 10.2. The van der Waals surface area contributed by atoms with E-state index in [1.807, 2.05) is 0 Å². The molecule has 72 valence electrons. The first-order chi connectivity index (χ1) is 6.74. The van der Waals surface area contributed by atoms with Crippen LogP contribution in [-0.2, 0) is 0 Å². The zero-order valence-corrected chi connectivity index (χ0v) is 7.53. The molecule has 0 atom stereocenters. The van der Waals surface area contributed by atoms with Crippen molar-refractivity contribution in [2.45, 2.75) is 6.42 Å². The summed E-state index contributed by atoms with van der Waals surface area (Å²) in [6, 6.07) is 3.05. The van der Waals surface area contributed by atoms with Gasteiger partial charge < -0.3 is 10.8 Å². The van der Waals surface area contributed by atoms with Gasteiger partial charge >= 0.3 is 5.97 Å². The van der Waals surface area contributed by atoms with Crippen molar-refractivity contribution in [2.75, 3.05) is 6.54 Å². The number of nitrogens with zero attached hydrogens (tertiary/aromatic N) is 1. The summed E-state index contributed by atoms with van der Waals surface area (Å²) in [5.41, 5.74) is 5.98. The topological polar surface area (TPSA) is 76.2 Å². The fourth-order valence-corrected chi connectivity index (χ4v) is 0.820. The number of hydrogen-bond acceptors (Lipinski definition) is 3. The Hall–Kier alpha value is -1.86. The van der Waals surface area contributed by atoms with Crippen LogP contribution in [0.4, 0.5) is 0 Å². The molecule has 0 fully saturated rings. The molecule has 0 aliphatic carbocycles. The average molecular weight is 190 g/mol. The normalized spacial score (nSPS) is 8.93. The van der Waals surface area contributed by atoms with Gasteiger partial charge in [0.15, 0.2) is 0 Å². The third-order valence-electron chi connectivity index (χ3n) is 1.50. The minimum atomic E-state index is -0.987. The average Bonchev–Trinajstić information content (AvgIpc) is 2.19. The lowest BCUT2D eigenvalue weighted by Crippen LogP contribution is -1.97. The first-order valence-electron chi connectivity index (χ1n) is 4.12. The summed E-state index contributed by atoms with van der Waals surface area (Å²) in [5, 5.41) is 8.60. The summed E-state index contributed by atoms with van der Waals surface area (Å²) in [5.74, 6) is 4.61. The number of rotatable bonds is 2. The molecule has 4 heteroatoms. The van der Waals surface area contributed by atoms with Crippen LogP contribution in [0.3, 0.4) is 0 Å². The Bertz CT molecular complexity index is 373. The highest BCUT2D eigenvalue weighted by molar-refractivity contribution is 5.87. The van der Waals surface area contributed by atoms with E-state index in [1.54, 1.807) is 6.07 Å². The first-order valence-corrected chi connectivity index (χ1v) is 4.12. The van der Waals surface area contributed by atoms with Crippen molar-refractivity contribution in [1.82, 2.24) is 4.98 Å². The molecule has 0 unspecified atom stereocenters. The van der Waals surface area contributed by atoms with Crippen LogP contribution in [0.2, 0.25) is 0 Å². The predicted molar refractivity (Wildman–Crippen MR) is 51.7 cm³/mol. The van der Waals surface area contributed by atoms with Crippen LogP contribution >= 0.6 is 0 Å². The molecule has 0 bridgehead atoms. The fraction of sp³-hybridized carbons (Fsp3) is 0.200. The van der Waals surface area contributed by atoms with Crippen molar-refractivity contribution >= 4 is 5.97 Å². The van der Waals surface area contributed by atoms with E-state index in [9.17, 15) is 4.79 Å². The van der Waals surface area contributed by atoms with Gasteiger partial charge in [0.2, 0.25) is 0 Å². The summed E-state index contributed by atoms with van der Waals surface area (Å²) in [6.45, 7) is 0.514. The van der Waals surface area contributed by atoms with Crippen LogP contribution in [0, 0.1) is 11.8 Å². The SMILES string of the molecule is NCCC#Cc1ccc(C(=O)O)cn1. The molecule has 0 radical (unpaired) electrons. The van der Waals surface area contributed by atoms with Crippen LogP contribution < -0.4 is 5.73 Å². The Morgan fingerprint density at radius 3 is 2.86 bits per heavy atom. The molecule has 0 saturated heterocycles. The van der Waals surface area contributed by atoms with E-state index in [1.165, 1.54) is 12.3 Å². The maximum Gasteiger partial charge on any atom is 0.337 e. The summed E-state index contributed by atoms with van der Waals surface area (Å²) < 4.78 is 0. The molecule has 14 heavy (non-hydrogen) atoms. The minimum absolute atomic E-state index is 0.161. The molecule has 4 nitrogen and oxygen atoms in total. The fourth-order valence-electron chi connectivity index (χ4n) is 0.820. The van der Waals surface area contributed by atoms with Crippen LogP contribution in [-0.4, -0.2) is 22.6 Å². The van der Waals surface area contributed by atoms with Gasteiger partial charge in [-0.3, -0.25) is 0 Å². The van der Waals surface area contributed by atoms with Gasteiger partial charge in [0.1, 0.15) is 5.69 Å². The highest BCUT2D eigenvalue weighted by Crippen LogP contribution is 1.98. The van der Waals surface area contributed by atoms with Crippen molar-refractivity contribution in [3.05, 3.63) is 29.6 Å². The van der Waals surface area contributed by atoms with Gasteiger partial charge in [-0.05, 0) is 18.1 Å². The Balaban J connectivity index is 2.75. The second kappa shape index (κ2) is 5.00. The number of carbonyl (C=O) groups is 1. The number of aromatic carboxylic acids is 1. The molecule has 1 heterocycles. The van der Waals surface area contributed by atoms with Crippen molar-refractivity contribution in [1.29, 1.82) is 0 Å². The third kappa shape index (κ3) is 2.88.